The maximum absolute atomic E-state index is 11.5. The highest BCUT2D eigenvalue weighted by molar-refractivity contribution is 5.83. The lowest BCUT2D eigenvalue weighted by molar-refractivity contribution is -0.143. The zero-order valence-electron chi connectivity index (χ0n) is 9.31. The summed E-state index contributed by atoms with van der Waals surface area (Å²) in [6, 6.07) is -1.22. The second-order valence-corrected chi connectivity index (χ2v) is 3.49. The van der Waals surface area contributed by atoms with Gasteiger partial charge in [0.2, 0.25) is 5.91 Å². The van der Waals surface area contributed by atoms with Crippen LogP contribution in [0.5, 0.6) is 0 Å². The van der Waals surface area contributed by atoms with Crippen molar-refractivity contribution < 1.29 is 24.6 Å². The lowest BCUT2D eigenvalue weighted by atomic mass is 10.1. The molecule has 1 amide bonds. The van der Waals surface area contributed by atoms with Gasteiger partial charge in [-0.25, -0.2) is 9.48 Å². The normalized spacial score (nSPS) is 11.8. The molecule has 0 aliphatic rings. The molecular formula is C9H12N4O5. The number of carboxylic acids is 2. The Morgan fingerprint density at radius 3 is 2.56 bits per heavy atom. The van der Waals surface area contributed by atoms with Gasteiger partial charge in [-0.05, 0) is 6.42 Å². The van der Waals surface area contributed by atoms with E-state index < -0.39 is 23.9 Å². The van der Waals surface area contributed by atoms with Crippen LogP contribution in [-0.4, -0.2) is 49.1 Å². The number of nitrogens with zero attached hydrogens (tertiary/aromatic N) is 3. The summed E-state index contributed by atoms with van der Waals surface area (Å²) in [7, 11) is 0. The van der Waals surface area contributed by atoms with E-state index in [4.69, 9.17) is 10.2 Å². The Hall–Kier alpha value is -2.45. The van der Waals surface area contributed by atoms with Gasteiger partial charge in [0.1, 0.15) is 12.6 Å². The van der Waals surface area contributed by atoms with Crippen LogP contribution in [0.1, 0.15) is 12.8 Å². The highest BCUT2D eigenvalue weighted by Gasteiger charge is 2.20. The molecule has 0 radical (unpaired) electrons. The van der Waals surface area contributed by atoms with Crippen molar-refractivity contribution >= 4 is 17.8 Å². The first-order valence-corrected chi connectivity index (χ1v) is 5.07. The van der Waals surface area contributed by atoms with Crippen LogP contribution in [0, 0.1) is 0 Å². The van der Waals surface area contributed by atoms with Crippen molar-refractivity contribution in [2.45, 2.75) is 25.4 Å². The van der Waals surface area contributed by atoms with Gasteiger partial charge in [0.25, 0.3) is 0 Å². The van der Waals surface area contributed by atoms with E-state index >= 15 is 0 Å². The van der Waals surface area contributed by atoms with Crippen molar-refractivity contribution in [1.82, 2.24) is 20.3 Å². The number of aliphatic carboxylic acids is 2. The van der Waals surface area contributed by atoms with E-state index in [1.165, 1.54) is 17.1 Å². The van der Waals surface area contributed by atoms with Crippen LogP contribution in [0.25, 0.3) is 0 Å². The number of carbonyl (C=O) groups is 3. The Kier molecular flexibility index (Phi) is 4.78. The lowest BCUT2D eigenvalue weighted by Gasteiger charge is -2.13. The van der Waals surface area contributed by atoms with Crippen molar-refractivity contribution in [2.24, 2.45) is 0 Å². The summed E-state index contributed by atoms with van der Waals surface area (Å²) in [5.41, 5.74) is 0. The molecule has 0 aliphatic heterocycles. The molecule has 0 spiro atoms. The lowest BCUT2D eigenvalue weighted by Crippen LogP contribution is -2.42. The molecule has 9 nitrogen and oxygen atoms in total. The molecule has 98 valence electrons. The van der Waals surface area contributed by atoms with Crippen molar-refractivity contribution in [2.75, 3.05) is 0 Å². The van der Waals surface area contributed by atoms with Gasteiger partial charge in [0.05, 0.1) is 6.20 Å². The molecule has 0 aliphatic carbocycles. The number of carboxylic acid groups (broad SMARTS) is 2. The second-order valence-electron chi connectivity index (χ2n) is 3.49. The summed E-state index contributed by atoms with van der Waals surface area (Å²) in [6.45, 7) is -0.170. The Bertz CT molecular complexity index is 430. The standard InChI is InChI=1S/C9H12N4O5/c14-7(5-13-4-3-10-12-13)11-6(9(17)18)1-2-8(15)16/h3-4,6H,1-2,5H2,(H,11,14)(H,15,16)(H,17,18). The number of carbonyl (C=O) groups excluding carboxylic acids is 1. The zero-order chi connectivity index (χ0) is 13.5. The summed E-state index contributed by atoms with van der Waals surface area (Å²) in [6.07, 6.45) is 2.33. The molecule has 1 aromatic heterocycles. The third-order valence-electron chi connectivity index (χ3n) is 2.06. The molecule has 0 aromatic carbocycles. The molecule has 0 saturated carbocycles. The molecule has 0 saturated heterocycles. The van der Waals surface area contributed by atoms with Crippen LogP contribution in [-0.2, 0) is 20.9 Å². The van der Waals surface area contributed by atoms with Crippen molar-refractivity contribution in [3.05, 3.63) is 12.4 Å². The van der Waals surface area contributed by atoms with E-state index in [2.05, 4.69) is 15.6 Å². The number of hydrogen-bond acceptors (Lipinski definition) is 5. The number of hydrogen-bond donors (Lipinski definition) is 3. The van der Waals surface area contributed by atoms with Crippen LogP contribution >= 0.6 is 0 Å². The molecule has 1 aromatic rings. The zero-order valence-corrected chi connectivity index (χ0v) is 9.31. The predicted molar refractivity (Wildman–Crippen MR) is 56.5 cm³/mol. The van der Waals surface area contributed by atoms with Crippen LogP contribution < -0.4 is 5.32 Å². The minimum absolute atomic E-state index is 0.170. The minimum atomic E-state index is -1.27. The van der Waals surface area contributed by atoms with Gasteiger partial charge in [0.15, 0.2) is 0 Å². The second kappa shape index (κ2) is 6.33. The van der Waals surface area contributed by atoms with E-state index in [-0.39, 0.29) is 19.4 Å². The van der Waals surface area contributed by atoms with Gasteiger partial charge in [-0.1, -0.05) is 5.21 Å². The van der Waals surface area contributed by atoms with Gasteiger partial charge in [-0.3, -0.25) is 9.59 Å². The molecule has 9 heteroatoms. The molecule has 1 rings (SSSR count). The first-order valence-electron chi connectivity index (χ1n) is 5.07. The van der Waals surface area contributed by atoms with E-state index in [0.717, 1.165) is 0 Å². The highest BCUT2D eigenvalue weighted by atomic mass is 16.4. The fourth-order valence-corrected chi connectivity index (χ4v) is 1.23. The van der Waals surface area contributed by atoms with Crippen molar-refractivity contribution in [3.8, 4) is 0 Å². The topological polar surface area (TPSA) is 134 Å². The van der Waals surface area contributed by atoms with Crippen LogP contribution in [0.15, 0.2) is 12.4 Å². The maximum Gasteiger partial charge on any atom is 0.326 e. The largest absolute Gasteiger partial charge is 0.481 e. The van der Waals surface area contributed by atoms with Gasteiger partial charge in [0, 0.05) is 12.6 Å². The smallest absolute Gasteiger partial charge is 0.326 e. The quantitative estimate of drug-likeness (QED) is 0.552. The minimum Gasteiger partial charge on any atom is -0.481 e. The van der Waals surface area contributed by atoms with E-state index in [1.54, 1.807) is 0 Å². The Labute approximate surface area is 101 Å². The highest BCUT2D eigenvalue weighted by Crippen LogP contribution is 1.98. The summed E-state index contributed by atoms with van der Waals surface area (Å²) < 4.78 is 1.23. The average Bonchev–Trinajstić information content (AvgIpc) is 2.76. The molecule has 18 heavy (non-hydrogen) atoms. The molecule has 1 atom stereocenters. The molecule has 3 N–H and O–H groups in total. The molecule has 1 heterocycles. The predicted octanol–water partition coefficient (Wildman–Crippen LogP) is -1.29. The molecule has 0 bridgehead atoms. The first kappa shape index (κ1) is 13.6. The van der Waals surface area contributed by atoms with Crippen molar-refractivity contribution in [1.29, 1.82) is 0 Å². The number of nitrogens with one attached hydrogen (secondary N) is 1. The van der Waals surface area contributed by atoms with Crippen LogP contribution in [0.3, 0.4) is 0 Å². The van der Waals surface area contributed by atoms with E-state index in [0.29, 0.717) is 0 Å². The summed E-state index contributed by atoms with van der Waals surface area (Å²) in [5, 5.41) is 26.5. The fourth-order valence-electron chi connectivity index (χ4n) is 1.23. The van der Waals surface area contributed by atoms with Gasteiger partial charge in [-0.2, -0.15) is 0 Å². The molecule has 0 fully saturated rings. The molecule has 1 unspecified atom stereocenters. The summed E-state index contributed by atoms with van der Waals surface area (Å²) >= 11 is 0. The van der Waals surface area contributed by atoms with E-state index in [1.807, 2.05) is 0 Å². The van der Waals surface area contributed by atoms with E-state index in [9.17, 15) is 14.4 Å². The monoisotopic (exact) mass is 256 g/mol. The Morgan fingerprint density at radius 2 is 2.06 bits per heavy atom. The Balaban J connectivity index is 2.47. The number of aromatic nitrogens is 3. The number of rotatable bonds is 7. The molecular weight excluding hydrogens is 244 g/mol. The third-order valence-corrected chi connectivity index (χ3v) is 2.06. The maximum atomic E-state index is 11.5. The SMILES string of the molecule is O=C(O)CCC(NC(=O)Cn1ccnn1)C(=O)O. The van der Waals surface area contributed by atoms with Crippen LogP contribution in [0.4, 0.5) is 0 Å². The van der Waals surface area contributed by atoms with Crippen LogP contribution in [0.2, 0.25) is 0 Å². The Morgan fingerprint density at radius 1 is 1.33 bits per heavy atom. The van der Waals surface area contributed by atoms with Gasteiger partial charge in [-0.15, -0.1) is 5.10 Å². The first-order chi connectivity index (χ1) is 8.49. The van der Waals surface area contributed by atoms with Gasteiger partial charge < -0.3 is 15.5 Å². The summed E-state index contributed by atoms with van der Waals surface area (Å²) in [5.74, 6) is -2.96. The third kappa shape index (κ3) is 4.60. The fraction of sp³-hybridized carbons (Fsp3) is 0.444. The average molecular weight is 256 g/mol. The summed E-state index contributed by atoms with van der Waals surface area (Å²) in [4.78, 5) is 32.6. The number of amides is 1. The van der Waals surface area contributed by atoms with Gasteiger partial charge >= 0.3 is 11.9 Å². The van der Waals surface area contributed by atoms with Crippen molar-refractivity contribution in [3.63, 3.8) is 0 Å².